The highest BCUT2D eigenvalue weighted by atomic mass is 16.7. The monoisotopic (exact) mass is 188 g/mol. The van der Waals surface area contributed by atoms with Crippen molar-refractivity contribution in [3.63, 3.8) is 0 Å². The molecule has 1 aliphatic rings. The predicted octanol–water partition coefficient (Wildman–Crippen LogP) is 1.66. The van der Waals surface area contributed by atoms with E-state index in [9.17, 15) is 0 Å². The van der Waals surface area contributed by atoms with Gasteiger partial charge in [0.25, 0.3) is 0 Å². The van der Waals surface area contributed by atoms with Crippen LogP contribution in [-0.2, 0) is 14.2 Å². The quantitative estimate of drug-likeness (QED) is 0.659. The van der Waals surface area contributed by atoms with E-state index >= 15 is 0 Å². The first kappa shape index (κ1) is 11.0. The first-order valence-electron chi connectivity index (χ1n) is 4.82. The van der Waals surface area contributed by atoms with Gasteiger partial charge in [0.05, 0.1) is 12.2 Å². The third kappa shape index (κ3) is 2.03. The minimum Gasteiger partial charge on any atom is -0.378 e. The zero-order valence-corrected chi connectivity index (χ0v) is 9.11. The first-order valence-corrected chi connectivity index (χ1v) is 4.82. The third-order valence-corrected chi connectivity index (χ3v) is 3.09. The molecule has 0 bridgehead atoms. The molecule has 0 saturated carbocycles. The Hall–Kier alpha value is -0.120. The zero-order chi connectivity index (χ0) is 10.0. The van der Waals surface area contributed by atoms with Crippen LogP contribution >= 0.6 is 0 Å². The van der Waals surface area contributed by atoms with E-state index in [1.54, 1.807) is 14.2 Å². The molecular weight excluding hydrogens is 168 g/mol. The van der Waals surface area contributed by atoms with Gasteiger partial charge in [-0.05, 0) is 12.8 Å². The molecule has 3 nitrogen and oxygen atoms in total. The average molecular weight is 188 g/mol. The van der Waals surface area contributed by atoms with Crippen molar-refractivity contribution in [2.24, 2.45) is 11.8 Å². The van der Waals surface area contributed by atoms with E-state index in [0.29, 0.717) is 11.8 Å². The van der Waals surface area contributed by atoms with Gasteiger partial charge in [0.1, 0.15) is 0 Å². The predicted molar refractivity (Wildman–Crippen MR) is 50.5 cm³/mol. The smallest absolute Gasteiger partial charge is 0.160 e. The largest absolute Gasteiger partial charge is 0.378 e. The molecule has 1 aliphatic heterocycles. The normalized spacial score (nSPS) is 46.4. The Morgan fingerprint density at radius 1 is 0.923 bits per heavy atom. The van der Waals surface area contributed by atoms with Crippen molar-refractivity contribution in [1.82, 2.24) is 0 Å². The highest BCUT2D eigenvalue weighted by Gasteiger charge is 2.39. The second-order valence-corrected chi connectivity index (χ2v) is 3.86. The van der Waals surface area contributed by atoms with E-state index in [1.807, 2.05) is 6.92 Å². The molecule has 5 atom stereocenters. The van der Waals surface area contributed by atoms with E-state index in [4.69, 9.17) is 14.2 Å². The van der Waals surface area contributed by atoms with Crippen LogP contribution in [0.15, 0.2) is 0 Å². The molecule has 3 heteroatoms. The van der Waals surface area contributed by atoms with Gasteiger partial charge in [-0.25, -0.2) is 0 Å². The standard InChI is InChI=1S/C10H20O3/c1-6-7(2)10(12-5)13-8(3)9(6)11-4/h6-10H,1-5H3/t6-,7?,8?,9+,10+/m0/s1. The Balaban J connectivity index is 2.66. The van der Waals surface area contributed by atoms with E-state index < -0.39 is 0 Å². The van der Waals surface area contributed by atoms with Gasteiger partial charge in [0.15, 0.2) is 6.29 Å². The lowest BCUT2D eigenvalue weighted by Crippen LogP contribution is -2.49. The van der Waals surface area contributed by atoms with Crippen LogP contribution in [0.1, 0.15) is 20.8 Å². The van der Waals surface area contributed by atoms with Crippen LogP contribution in [0.2, 0.25) is 0 Å². The molecule has 0 amide bonds. The van der Waals surface area contributed by atoms with Crippen LogP contribution < -0.4 is 0 Å². The van der Waals surface area contributed by atoms with Gasteiger partial charge in [-0.3, -0.25) is 0 Å². The van der Waals surface area contributed by atoms with E-state index in [1.165, 1.54) is 0 Å². The number of methoxy groups -OCH3 is 2. The summed E-state index contributed by atoms with van der Waals surface area (Å²) in [6, 6.07) is 0. The van der Waals surface area contributed by atoms with Crippen LogP contribution in [0.4, 0.5) is 0 Å². The zero-order valence-electron chi connectivity index (χ0n) is 9.11. The molecule has 2 unspecified atom stereocenters. The van der Waals surface area contributed by atoms with Crippen LogP contribution in [0.25, 0.3) is 0 Å². The summed E-state index contributed by atoms with van der Waals surface area (Å²) in [7, 11) is 3.43. The number of ether oxygens (including phenoxy) is 3. The van der Waals surface area contributed by atoms with E-state index in [-0.39, 0.29) is 18.5 Å². The Morgan fingerprint density at radius 3 is 2.00 bits per heavy atom. The van der Waals surface area contributed by atoms with Crippen molar-refractivity contribution in [2.75, 3.05) is 14.2 Å². The number of hydrogen-bond donors (Lipinski definition) is 0. The van der Waals surface area contributed by atoms with E-state index in [0.717, 1.165) is 0 Å². The van der Waals surface area contributed by atoms with Gasteiger partial charge >= 0.3 is 0 Å². The topological polar surface area (TPSA) is 27.7 Å². The summed E-state index contributed by atoms with van der Waals surface area (Å²) in [6.07, 6.45) is 0.207. The summed E-state index contributed by atoms with van der Waals surface area (Å²) in [5, 5.41) is 0. The Labute approximate surface area is 80.4 Å². The molecule has 1 fully saturated rings. The van der Waals surface area contributed by atoms with Crippen molar-refractivity contribution in [2.45, 2.75) is 39.3 Å². The molecule has 0 N–H and O–H groups in total. The number of hydrogen-bond acceptors (Lipinski definition) is 3. The molecule has 0 aromatic rings. The second kappa shape index (κ2) is 4.40. The van der Waals surface area contributed by atoms with Crippen molar-refractivity contribution < 1.29 is 14.2 Å². The first-order chi connectivity index (χ1) is 6.11. The van der Waals surface area contributed by atoms with Crippen molar-refractivity contribution in [3.8, 4) is 0 Å². The molecular formula is C10H20O3. The molecule has 0 radical (unpaired) electrons. The Kier molecular flexibility index (Phi) is 3.71. The highest BCUT2D eigenvalue weighted by Crippen LogP contribution is 2.32. The van der Waals surface area contributed by atoms with Gasteiger partial charge in [0, 0.05) is 20.1 Å². The summed E-state index contributed by atoms with van der Waals surface area (Å²) < 4.78 is 16.3. The fraction of sp³-hybridized carbons (Fsp3) is 1.00. The lowest BCUT2D eigenvalue weighted by Gasteiger charge is -2.42. The van der Waals surface area contributed by atoms with Gasteiger partial charge in [-0.15, -0.1) is 0 Å². The highest BCUT2D eigenvalue weighted by molar-refractivity contribution is 4.83. The number of rotatable bonds is 2. The average Bonchev–Trinajstić information content (AvgIpc) is 2.12. The van der Waals surface area contributed by atoms with Gasteiger partial charge in [0.2, 0.25) is 0 Å². The summed E-state index contributed by atoms with van der Waals surface area (Å²) >= 11 is 0. The van der Waals surface area contributed by atoms with Crippen LogP contribution in [0.3, 0.4) is 0 Å². The Bertz CT molecular complexity index is 160. The van der Waals surface area contributed by atoms with Crippen LogP contribution in [0, 0.1) is 11.8 Å². The van der Waals surface area contributed by atoms with Gasteiger partial charge in [-0.2, -0.15) is 0 Å². The third-order valence-electron chi connectivity index (χ3n) is 3.09. The van der Waals surface area contributed by atoms with Crippen LogP contribution in [-0.4, -0.2) is 32.7 Å². The molecule has 0 spiro atoms. The summed E-state index contributed by atoms with van der Waals surface area (Å²) in [4.78, 5) is 0. The van der Waals surface area contributed by atoms with Crippen LogP contribution in [0.5, 0.6) is 0 Å². The summed E-state index contributed by atoms with van der Waals surface area (Å²) in [5.41, 5.74) is 0. The Morgan fingerprint density at radius 2 is 1.54 bits per heavy atom. The molecule has 1 saturated heterocycles. The maximum absolute atomic E-state index is 5.67. The van der Waals surface area contributed by atoms with Gasteiger partial charge in [-0.1, -0.05) is 13.8 Å². The molecule has 1 rings (SSSR count). The molecule has 1 heterocycles. The lowest BCUT2D eigenvalue weighted by molar-refractivity contribution is -0.253. The lowest BCUT2D eigenvalue weighted by atomic mass is 9.85. The molecule has 0 aliphatic carbocycles. The molecule has 78 valence electrons. The maximum Gasteiger partial charge on any atom is 0.160 e. The SMILES string of the molecule is CO[C@@H]1OC(C)[C@H](OC)[C@@H](C)C1C. The van der Waals surface area contributed by atoms with Gasteiger partial charge < -0.3 is 14.2 Å². The maximum atomic E-state index is 5.67. The fourth-order valence-corrected chi connectivity index (χ4v) is 2.06. The summed E-state index contributed by atoms with van der Waals surface area (Å²) in [6.45, 7) is 6.35. The molecule has 0 aromatic carbocycles. The summed E-state index contributed by atoms with van der Waals surface area (Å²) in [5.74, 6) is 0.852. The van der Waals surface area contributed by atoms with Crippen molar-refractivity contribution in [3.05, 3.63) is 0 Å². The molecule has 13 heavy (non-hydrogen) atoms. The molecule has 0 aromatic heterocycles. The minimum atomic E-state index is -0.0867. The van der Waals surface area contributed by atoms with Crippen molar-refractivity contribution in [1.29, 1.82) is 0 Å². The van der Waals surface area contributed by atoms with Crippen molar-refractivity contribution >= 4 is 0 Å². The fourth-order valence-electron chi connectivity index (χ4n) is 2.06. The van der Waals surface area contributed by atoms with E-state index in [2.05, 4.69) is 13.8 Å². The second-order valence-electron chi connectivity index (χ2n) is 3.86. The minimum absolute atomic E-state index is 0.0867.